The molecule has 0 fully saturated rings. The summed E-state index contributed by atoms with van der Waals surface area (Å²) in [7, 11) is 4.77. The summed E-state index contributed by atoms with van der Waals surface area (Å²) in [6, 6.07) is 11.6. The minimum Gasteiger partial charge on any atom is -0.497 e. The molecule has 188 valence electrons. The maximum absolute atomic E-state index is 13.4. The Labute approximate surface area is 209 Å². The Hall–Kier alpha value is -4.07. The van der Waals surface area contributed by atoms with E-state index in [1.54, 1.807) is 21.3 Å². The number of carbonyl (C=O) groups is 1. The van der Waals surface area contributed by atoms with E-state index in [0.29, 0.717) is 29.2 Å². The molecule has 2 aromatic carbocycles. The number of rotatable bonds is 9. The second kappa shape index (κ2) is 10.7. The van der Waals surface area contributed by atoms with Crippen molar-refractivity contribution >= 4 is 27.6 Å². The van der Waals surface area contributed by atoms with Gasteiger partial charge in [-0.25, -0.2) is 0 Å². The minimum atomic E-state index is -0.219. The number of aryl methyl sites for hydroxylation is 1. The Kier molecular flexibility index (Phi) is 7.43. The lowest BCUT2D eigenvalue weighted by Gasteiger charge is -2.16. The standard InChI is InChI=1S/C28H31N3O5/c1-6-7-23-18(10-17-11-19(34-3)8-9-24(17)30-23)12-22-20-13-26(35-4)27(36-5)14-21(20)25(31-28(22)33)15-29-16(2)32/h8-11,13-14H,6-7,12,15H2,1-5H3,(H,29,32)(H,31,33). The van der Waals surface area contributed by atoms with Gasteiger partial charge < -0.3 is 24.5 Å². The predicted octanol–water partition coefficient (Wildman–Crippen LogP) is 4.28. The lowest BCUT2D eigenvalue weighted by atomic mass is 9.95. The van der Waals surface area contributed by atoms with E-state index in [9.17, 15) is 9.59 Å². The second-order valence-corrected chi connectivity index (χ2v) is 8.65. The third-order valence-electron chi connectivity index (χ3n) is 6.27. The Bertz CT molecular complexity index is 1490. The smallest absolute Gasteiger partial charge is 0.252 e. The summed E-state index contributed by atoms with van der Waals surface area (Å²) in [5, 5.41) is 5.24. The summed E-state index contributed by atoms with van der Waals surface area (Å²) in [5.74, 6) is 1.63. The van der Waals surface area contributed by atoms with Crippen LogP contribution in [-0.2, 0) is 24.2 Å². The number of fused-ring (bicyclic) bond motifs is 2. The number of nitrogens with zero attached hydrogens (tertiary/aromatic N) is 1. The number of benzene rings is 2. The zero-order valence-corrected chi connectivity index (χ0v) is 21.3. The Morgan fingerprint density at radius 2 is 1.72 bits per heavy atom. The highest BCUT2D eigenvalue weighted by Gasteiger charge is 2.18. The van der Waals surface area contributed by atoms with Gasteiger partial charge in [0.2, 0.25) is 5.91 Å². The van der Waals surface area contributed by atoms with Crippen LogP contribution in [-0.4, -0.2) is 37.2 Å². The van der Waals surface area contributed by atoms with Crippen molar-refractivity contribution in [2.45, 2.75) is 39.7 Å². The zero-order valence-electron chi connectivity index (χ0n) is 21.3. The molecule has 1 amide bonds. The summed E-state index contributed by atoms with van der Waals surface area (Å²) in [6.45, 7) is 3.74. The molecule has 0 saturated heterocycles. The van der Waals surface area contributed by atoms with Gasteiger partial charge in [-0.1, -0.05) is 13.3 Å². The van der Waals surface area contributed by atoms with Crippen LogP contribution in [0.5, 0.6) is 17.2 Å². The van der Waals surface area contributed by atoms with Crippen LogP contribution in [0.15, 0.2) is 41.2 Å². The van der Waals surface area contributed by atoms with E-state index in [-0.39, 0.29) is 18.0 Å². The highest BCUT2D eigenvalue weighted by molar-refractivity contribution is 5.91. The number of amides is 1. The largest absolute Gasteiger partial charge is 0.497 e. The van der Waals surface area contributed by atoms with Crippen LogP contribution in [0.4, 0.5) is 0 Å². The highest BCUT2D eigenvalue weighted by atomic mass is 16.5. The molecule has 0 aliphatic heterocycles. The molecular formula is C28H31N3O5. The topological polar surface area (TPSA) is 103 Å². The molecule has 8 heteroatoms. The molecule has 8 nitrogen and oxygen atoms in total. The molecule has 0 atom stereocenters. The van der Waals surface area contributed by atoms with Crippen LogP contribution < -0.4 is 25.1 Å². The van der Waals surface area contributed by atoms with Gasteiger partial charge in [0.25, 0.3) is 5.56 Å². The molecule has 36 heavy (non-hydrogen) atoms. The molecule has 2 heterocycles. The molecule has 2 N–H and O–H groups in total. The minimum absolute atomic E-state index is 0.185. The van der Waals surface area contributed by atoms with Gasteiger partial charge in [0.1, 0.15) is 5.75 Å². The van der Waals surface area contributed by atoms with Crippen molar-refractivity contribution in [2.75, 3.05) is 21.3 Å². The number of ether oxygens (including phenoxy) is 3. The fraction of sp³-hybridized carbons (Fsp3) is 0.321. The number of methoxy groups -OCH3 is 3. The summed E-state index contributed by atoms with van der Waals surface area (Å²) < 4.78 is 16.4. The van der Waals surface area contributed by atoms with Gasteiger partial charge in [-0.3, -0.25) is 14.6 Å². The first-order valence-electron chi connectivity index (χ1n) is 11.9. The van der Waals surface area contributed by atoms with Crippen LogP contribution in [0, 0.1) is 0 Å². The normalized spacial score (nSPS) is 11.0. The van der Waals surface area contributed by atoms with Gasteiger partial charge >= 0.3 is 0 Å². The van der Waals surface area contributed by atoms with E-state index in [1.165, 1.54) is 6.92 Å². The summed E-state index contributed by atoms with van der Waals surface area (Å²) in [6.07, 6.45) is 2.11. The monoisotopic (exact) mass is 489 g/mol. The predicted molar refractivity (Wildman–Crippen MR) is 140 cm³/mol. The number of hydrogen-bond donors (Lipinski definition) is 2. The fourth-order valence-corrected chi connectivity index (χ4v) is 4.47. The number of nitrogens with one attached hydrogen (secondary N) is 2. The van der Waals surface area contributed by atoms with Crippen molar-refractivity contribution in [1.29, 1.82) is 0 Å². The first kappa shape index (κ1) is 25.0. The van der Waals surface area contributed by atoms with Gasteiger partial charge in [-0.2, -0.15) is 0 Å². The van der Waals surface area contributed by atoms with E-state index in [0.717, 1.165) is 51.5 Å². The van der Waals surface area contributed by atoms with Crippen LogP contribution in [0.1, 0.15) is 42.8 Å². The maximum atomic E-state index is 13.4. The first-order chi connectivity index (χ1) is 17.4. The number of aromatic amines is 1. The second-order valence-electron chi connectivity index (χ2n) is 8.65. The van der Waals surface area contributed by atoms with Gasteiger partial charge in [0.15, 0.2) is 11.5 Å². The molecule has 4 aromatic rings. The number of H-pyrrole nitrogens is 1. The van der Waals surface area contributed by atoms with Crippen LogP contribution >= 0.6 is 0 Å². The lowest BCUT2D eigenvalue weighted by molar-refractivity contribution is -0.119. The SMILES string of the molecule is CCCc1nc2ccc(OC)cc2cc1Cc1c(=O)[nH]c(CNC(C)=O)c2cc(OC)c(OC)cc12. The van der Waals surface area contributed by atoms with Gasteiger partial charge in [0.05, 0.1) is 33.4 Å². The van der Waals surface area contributed by atoms with Gasteiger partial charge in [0, 0.05) is 41.1 Å². The molecule has 0 unspecified atom stereocenters. The number of carbonyl (C=O) groups excluding carboxylic acids is 1. The number of pyridine rings is 2. The Morgan fingerprint density at radius 1 is 1.00 bits per heavy atom. The van der Waals surface area contributed by atoms with Crippen molar-refractivity contribution in [1.82, 2.24) is 15.3 Å². The fourth-order valence-electron chi connectivity index (χ4n) is 4.47. The van der Waals surface area contributed by atoms with E-state index >= 15 is 0 Å². The van der Waals surface area contributed by atoms with Crippen molar-refractivity contribution in [3.05, 3.63) is 69.3 Å². The van der Waals surface area contributed by atoms with E-state index in [4.69, 9.17) is 19.2 Å². The molecule has 0 saturated carbocycles. The molecule has 2 aromatic heterocycles. The van der Waals surface area contributed by atoms with Crippen molar-refractivity contribution < 1.29 is 19.0 Å². The van der Waals surface area contributed by atoms with Gasteiger partial charge in [-0.15, -0.1) is 0 Å². The third kappa shape index (κ3) is 4.98. The van der Waals surface area contributed by atoms with Gasteiger partial charge in [-0.05, 0) is 53.8 Å². The highest BCUT2D eigenvalue weighted by Crippen LogP contribution is 2.35. The molecule has 0 aliphatic rings. The van der Waals surface area contributed by atoms with Crippen molar-refractivity contribution in [3.63, 3.8) is 0 Å². The number of hydrogen-bond acceptors (Lipinski definition) is 6. The van der Waals surface area contributed by atoms with E-state index in [2.05, 4.69) is 23.3 Å². The molecule has 0 radical (unpaired) electrons. The summed E-state index contributed by atoms with van der Waals surface area (Å²) in [4.78, 5) is 32.9. The van der Waals surface area contributed by atoms with E-state index < -0.39 is 0 Å². The molecular weight excluding hydrogens is 458 g/mol. The summed E-state index contributed by atoms with van der Waals surface area (Å²) in [5.41, 5.74) is 3.81. The summed E-state index contributed by atoms with van der Waals surface area (Å²) >= 11 is 0. The quantitative estimate of drug-likeness (QED) is 0.364. The molecule has 4 rings (SSSR count). The van der Waals surface area contributed by atoms with Crippen LogP contribution in [0.3, 0.4) is 0 Å². The van der Waals surface area contributed by atoms with E-state index in [1.807, 2.05) is 30.3 Å². The molecule has 0 bridgehead atoms. The molecule has 0 aliphatic carbocycles. The lowest BCUT2D eigenvalue weighted by Crippen LogP contribution is -2.24. The Morgan fingerprint density at radius 3 is 2.36 bits per heavy atom. The number of aromatic nitrogens is 2. The van der Waals surface area contributed by atoms with Crippen molar-refractivity contribution in [3.8, 4) is 17.2 Å². The van der Waals surface area contributed by atoms with Crippen LogP contribution in [0.2, 0.25) is 0 Å². The van der Waals surface area contributed by atoms with Crippen molar-refractivity contribution in [2.24, 2.45) is 0 Å². The molecule has 0 spiro atoms. The zero-order chi connectivity index (χ0) is 25.8. The maximum Gasteiger partial charge on any atom is 0.252 e. The first-order valence-corrected chi connectivity index (χ1v) is 11.9. The average molecular weight is 490 g/mol. The average Bonchev–Trinajstić information content (AvgIpc) is 2.88. The Balaban J connectivity index is 1.93. The van der Waals surface area contributed by atoms with Crippen LogP contribution in [0.25, 0.3) is 21.7 Å². The third-order valence-corrected chi connectivity index (χ3v) is 6.27.